The van der Waals surface area contributed by atoms with E-state index in [-0.39, 0.29) is 11.7 Å². The van der Waals surface area contributed by atoms with E-state index in [9.17, 15) is 4.39 Å². The summed E-state index contributed by atoms with van der Waals surface area (Å²) in [7, 11) is 0. The molecular formula is C17H13FN2O. The molecule has 0 aromatic heterocycles. The van der Waals surface area contributed by atoms with Crippen LogP contribution in [0.1, 0.15) is 5.56 Å². The molecule has 3 nitrogen and oxygen atoms in total. The smallest absolute Gasteiger partial charge is 0.135 e. The number of nitrogen functional groups attached to an aromatic ring is 1. The molecule has 0 atom stereocenters. The third kappa shape index (κ3) is 2.56. The maximum Gasteiger partial charge on any atom is 0.135 e. The minimum Gasteiger partial charge on any atom is -0.457 e. The van der Waals surface area contributed by atoms with E-state index in [1.165, 1.54) is 12.1 Å². The second-order valence-corrected chi connectivity index (χ2v) is 4.63. The highest BCUT2D eigenvalue weighted by molar-refractivity contribution is 6.09. The highest BCUT2D eigenvalue weighted by Gasteiger charge is 2.09. The second kappa shape index (κ2) is 5.25. The molecule has 0 saturated carbocycles. The van der Waals surface area contributed by atoms with Gasteiger partial charge >= 0.3 is 0 Å². The van der Waals surface area contributed by atoms with Crippen molar-refractivity contribution in [2.45, 2.75) is 0 Å². The van der Waals surface area contributed by atoms with Gasteiger partial charge in [-0.2, -0.15) is 0 Å². The van der Waals surface area contributed by atoms with Crippen LogP contribution in [-0.2, 0) is 0 Å². The molecule has 3 aromatic rings. The predicted molar refractivity (Wildman–Crippen MR) is 81.4 cm³/mol. The molecule has 104 valence electrons. The van der Waals surface area contributed by atoms with E-state index in [2.05, 4.69) is 0 Å². The van der Waals surface area contributed by atoms with Crippen LogP contribution in [0.5, 0.6) is 11.5 Å². The third-order valence-electron chi connectivity index (χ3n) is 3.20. The van der Waals surface area contributed by atoms with Crippen LogP contribution >= 0.6 is 0 Å². The van der Waals surface area contributed by atoms with E-state index in [4.69, 9.17) is 15.9 Å². The van der Waals surface area contributed by atoms with Crippen LogP contribution < -0.4 is 10.5 Å². The van der Waals surface area contributed by atoms with Crippen LogP contribution in [0, 0.1) is 11.2 Å². The second-order valence-electron chi connectivity index (χ2n) is 4.63. The first-order chi connectivity index (χ1) is 10.1. The zero-order valence-electron chi connectivity index (χ0n) is 11.1. The van der Waals surface area contributed by atoms with Crippen LogP contribution in [0.2, 0.25) is 0 Å². The summed E-state index contributed by atoms with van der Waals surface area (Å²) in [5.74, 6) is 0.678. The minimum absolute atomic E-state index is 0.00325. The number of benzene rings is 3. The number of rotatable bonds is 3. The van der Waals surface area contributed by atoms with Gasteiger partial charge in [-0.3, -0.25) is 5.41 Å². The first-order valence-corrected chi connectivity index (χ1v) is 6.45. The van der Waals surface area contributed by atoms with Crippen molar-refractivity contribution in [3.05, 3.63) is 72.0 Å². The van der Waals surface area contributed by atoms with Gasteiger partial charge in [0.2, 0.25) is 0 Å². The molecule has 0 unspecified atom stereocenters. The van der Waals surface area contributed by atoms with Gasteiger partial charge in [-0.15, -0.1) is 0 Å². The maximum absolute atomic E-state index is 13.2. The van der Waals surface area contributed by atoms with E-state index in [1.807, 2.05) is 24.3 Å². The van der Waals surface area contributed by atoms with Gasteiger partial charge in [0.25, 0.3) is 0 Å². The highest BCUT2D eigenvalue weighted by atomic mass is 19.1. The SMILES string of the molecule is N=C(N)c1ccc(Oc2cccc(F)c2)c2ccccc12. The fourth-order valence-corrected chi connectivity index (χ4v) is 2.25. The van der Waals surface area contributed by atoms with Crippen molar-refractivity contribution in [1.82, 2.24) is 0 Å². The monoisotopic (exact) mass is 280 g/mol. The van der Waals surface area contributed by atoms with Crippen molar-refractivity contribution in [3.8, 4) is 11.5 Å². The lowest BCUT2D eigenvalue weighted by Crippen LogP contribution is -2.11. The molecule has 0 radical (unpaired) electrons. The molecule has 0 amide bonds. The Morgan fingerprint density at radius 1 is 0.952 bits per heavy atom. The van der Waals surface area contributed by atoms with Gasteiger partial charge in [-0.25, -0.2) is 4.39 Å². The zero-order valence-corrected chi connectivity index (χ0v) is 11.1. The summed E-state index contributed by atoms with van der Waals surface area (Å²) in [5.41, 5.74) is 6.25. The molecule has 0 saturated heterocycles. The van der Waals surface area contributed by atoms with E-state index in [1.54, 1.807) is 24.3 Å². The average molecular weight is 280 g/mol. The number of hydrogen-bond donors (Lipinski definition) is 2. The van der Waals surface area contributed by atoms with Crippen LogP contribution in [0.15, 0.2) is 60.7 Å². The number of ether oxygens (including phenoxy) is 1. The Labute approximate surface area is 121 Å². The fraction of sp³-hybridized carbons (Fsp3) is 0. The fourth-order valence-electron chi connectivity index (χ4n) is 2.25. The number of halogens is 1. The number of fused-ring (bicyclic) bond motifs is 1. The Hall–Kier alpha value is -2.88. The van der Waals surface area contributed by atoms with Crippen LogP contribution in [-0.4, -0.2) is 5.84 Å². The van der Waals surface area contributed by atoms with E-state index < -0.39 is 0 Å². The topological polar surface area (TPSA) is 59.1 Å². The molecule has 0 heterocycles. The summed E-state index contributed by atoms with van der Waals surface area (Å²) >= 11 is 0. The van der Waals surface area contributed by atoms with Crippen LogP contribution in [0.25, 0.3) is 10.8 Å². The Morgan fingerprint density at radius 2 is 1.71 bits per heavy atom. The lowest BCUT2D eigenvalue weighted by Gasteiger charge is -2.11. The summed E-state index contributed by atoms with van der Waals surface area (Å²) in [5, 5.41) is 9.29. The highest BCUT2D eigenvalue weighted by Crippen LogP contribution is 2.32. The summed E-state index contributed by atoms with van der Waals surface area (Å²) in [6, 6.07) is 17.0. The Kier molecular flexibility index (Phi) is 3.28. The minimum atomic E-state index is -0.350. The zero-order chi connectivity index (χ0) is 14.8. The van der Waals surface area contributed by atoms with Crippen molar-refractivity contribution < 1.29 is 9.13 Å². The average Bonchev–Trinajstić information content (AvgIpc) is 2.47. The van der Waals surface area contributed by atoms with Crippen molar-refractivity contribution >= 4 is 16.6 Å². The molecule has 3 N–H and O–H groups in total. The lowest BCUT2D eigenvalue weighted by molar-refractivity contribution is 0.482. The lowest BCUT2D eigenvalue weighted by atomic mass is 10.0. The third-order valence-corrected chi connectivity index (χ3v) is 3.20. The van der Waals surface area contributed by atoms with Gasteiger partial charge in [-0.05, 0) is 29.7 Å². The quantitative estimate of drug-likeness (QED) is 0.561. The van der Waals surface area contributed by atoms with Crippen LogP contribution in [0.4, 0.5) is 4.39 Å². The van der Waals surface area contributed by atoms with Gasteiger partial charge in [-0.1, -0.05) is 30.3 Å². The summed E-state index contributed by atoms with van der Waals surface area (Å²) < 4.78 is 19.0. The summed E-state index contributed by atoms with van der Waals surface area (Å²) in [4.78, 5) is 0. The molecule has 0 fully saturated rings. The van der Waals surface area contributed by atoms with Crippen molar-refractivity contribution in [2.24, 2.45) is 5.73 Å². The van der Waals surface area contributed by atoms with E-state index >= 15 is 0 Å². The molecule has 0 bridgehead atoms. The molecule has 3 rings (SSSR count). The van der Waals surface area contributed by atoms with Crippen LogP contribution in [0.3, 0.4) is 0 Å². The summed E-state index contributed by atoms with van der Waals surface area (Å²) in [6.07, 6.45) is 0. The number of nitrogens with one attached hydrogen (secondary N) is 1. The Bertz CT molecular complexity index is 830. The molecule has 3 aromatic carbocycles. The first kappa shape index (κ1) is 13.1. The Morgan fingerprint density at radius 3 is 2.43 bits per heavy atom. The molecule has 0 aliphatic heterocycles. The molecule has 0 aliphatic carbocycles. The summed E-state index contributed by atoms with van der Waals surface area (Å²) in [6.45, 7) is 0. The molecule has 0 aliphatic rings. The van der Waals surface area contributed by atoms with Gasteiger partial charge in [0.05, 0.1) is 0 Å². The first-order valence-electron chi connectivity index (χ1n) is 6.45. The van der Waals surface area contributed by atoms with Crippen molar-refractivity contribution in [1.29, 1.82) is 5.41 Å². The van der Waals surface area contributed by atoms with Crippen molar-refractivity contribution in [3.63, 3.8) is 0 Å². The standard InChI is InChI=1S/C17H13FN2O/c18-11-4-3-5-12(10-11)21-16-9-8-15(17(19)20)13-6-1-2-7-14(13)16/h1-10H,(H3,19,20). The van der Waals surface area contributed by atoms with E-state index in [0.29, 0.717) is 17.1 Å². The number of hydrogen-bond acceptors (Lipinski definition) is 2. The predicted octanol–water partition coefficient (Wildman–Crippen LogP) is 4.06. The van der Waals surface area contributed by atoms with Gasteiger partial charge in [0, 0.05) is 17.0 Å². The molecule has 4 heteroatoms. The number of amidine groups is 1. The number of nitrogens with two attached hydrogens (primary N) is 1. The largest absolute Gasteiger partial charge is 0.457 e. The van der Waals surface area contributed by atoms with E-state index in [0.717, 1.165) is 10.8 Å². The molecule has 0 spiro atoms. The molecule has 21 heavy (non-hydrogen) atoms. The van der Waals surface area contributed by atoms with Gasteiger partial charge < -0.3 is 10.5 Å². The normalized spacial score (nSPS) is 10.5. The maximum atomic E-state index is 13.2. The molecular weight excluding hydrogens is 267 g/mol. The van der Waals surface area contributed by atoms with Crippen molar-refractivity contribution in [2.75, 3.05) is 0 Å². The van der Waals surface area contributed by atoms with Gasteiger partial charge in [0.1, 0.15) is 23.2 Å². The Balaban J connectivity index is 2.12. The van der Waals surface area contributed by atoms with Gasteiger partial charge in [0.15, 0.2) is 0 Å².